The van der Waals surface area contributed by atoms with Gasteiger partial charge >= 0.3 is 5.97 Å². The number of carbonyl (C=O) groups excluding carboxylic acids is 3. The fourth-order valence-corrected chi connectivity index (χ4v) is 3.15. The van der Waals surface area contributed by atoms with Crippen molar-refractivity contribution in [2.45, 2.75) is 20.0 Å². The molecule has 0 saturated heterocycles. The molecule has 0 saturated carbocycles. The van der Waals surface area contributed by atoms with Gasteiger partial charge in [0.1, 0.15) is 12.4 Å². The lowest BCUT2D eigenvalue weighted by atomic mass is 10.1. The molecule has 3 rings (SSSR count). The van der Waals surface area contributed by atoms with Gasteiger partial charge < -0.3 is 9.47 Å². The number of ether oxygens (including phenoxy) is 2. The maximum atomic E-state index is 12.1. The summed E-state index contributed by atoms with van der Waals surface area (Å²) in [5, 5.41) is 5.10. The number of nitrogens with one attached hydrogen (secondary N) is 1. The van der Waals surface area contributed by atoms with Crippen molar-refractivity contribution >= 4 is 29.1 Å². The Labute approximate surface area is 177 Å². The van der Waals surface area contributed by atoms with Crippen LogP contribution >= 0.6 is 11.3 Å². The normalized spacial score (nSPS) is 10.3. The Kier molecular flexibility index (Phi) is 7.29. The number of benzene rings is 2. The first kappa shape index (κ1) is 21.2. The molecule has 0 bridgehead atoms. The molecule has 2 aromatic carbocycles. The second kappa shape index (κ2) is 10.3. The number of nitrogens with zero attached hydrogens (tertiary/aromatic N) is 1. The van der Waals surface area contributed by atoms with Crippen LogP contribution in [0, 0.1) is 6.92 Å². The molecule has 1 N–H and O–H groups in total. The fraction of sp³-hybridized carbons (Fsp3) is 0.182. The highest BCUT2D eigenvalue weighted by Crippen LogP contribution is 2.16. The zero-order valence-electron chi connectivity index (χ0n) is 16.3. The summed E-state index contributed by atoms with van der Waals surface area (Å²) in [6, 6.07) is 15.4. The van der Waals surface area contributed by atoms with Crippen LogP contribution < -0.4 is 10.1 Å². The predicted octanol–water partition coefficient (Wildman–Crippen LogP) is 3.07. The Hall–Kier alpha value is -3.52. The monoisotopic (exact) mass is 424 g/mol. The number of aromatic nitrogens is 1. The smallest absolute Gasteiger partial charge is 0.338 e. The Morgan fingerprint density at radius 2 is 1.73 bits per heavy atom. The number of imide groups is 1. The molecule has 0 aliphatic heterocycles. The van der Waals surface area contributed by atoms with Crippen molar-refractivity contribution in [3.8, 4) is 5.75 Å². The lowest BCUT2D eigenvalue weighted by molar-refractivity contribution is -0.132. The van der Waals surface area contributed by atoms with Crippen LogP contribution in [0.25, 0.3) is 0 Å². The maximum Gasteiger partial charge on any atom is 0.338 e. The summed E-state index contributed by atoms with van der Waals surface area (Å²) in [5.41, 5.74) is 1.90. The number of aryl methyl sites for hydroxylation is 1. The molecule has 7 nitrogen and oxygen atoms in total. The molecule has 0 unspecified atom stereocenters. The van der Waals surface area contributed by atoms with Crippen molar-refractivity contribution in [2.24, 2.45) is 0 Å². The first-order chi connectivity index (χ1) is 14.5. The summed E-state index contributed by atoms with van der Waals surface area (Å²) in [6.07, 6.45) is 0.0719. The van der Waals surface area contributed by atoms with Gasteiger partial charge in [0.25, 0.3) is 5.91 Å². The van der Waals surface area contributed by atoms with E-state index in [1.54, 1.807) is 47.7 Å². The lowest BCUT2D eigenvalue weighted by Crippen LogP contribution is -2.35. The van der Waals surface area contributed by atoms with E-state index in [9.17, 15) is 14.4 Å². The van der Waals surface area contributed by atoms with Crippen molar-refractivity contribution in [3.63, 3.8) is 0 Å². The zero-order valence-corrected chi connectivity index (χ0v) is 17.1. The van der Waals surface area contributed by atoms with E-state index in [1.807, 2.05) is 30.5 Å². The van der Waals surface area contributed by atoms with Gasteiger partial charge in [0.15, 0.2) is 6.61 Å². The van der Waals surface area contributed by atoms with Gasteiger partial charge in [-0.15, -0.1) is 11.3 Å². The summed E-state index contributed by atoms with van der Waals surface area (Å²) in [5.74, 6) is -1.22. The van der Waals surface area contributed by atoms with Crippen molar-refractivity contribution in [1.82, 2.24) is 10.3 Å². The number of amides is 2. The fourth-order valence-electron chi connectivity index (χ4n) is 2.55. The van der Waals surface area contributed by atoms with Crippen molar-refractivity contribution in [3.05, 3.63) is 81.8 Å². The molecule has 0 atom stereocenters. The molecule has 2 amide bonds. The van der Waals surface area contributed by atoms with Crippen LogP contribution in [0.1, 0.15) is 26.6 Å². The molecule has 1 heterocycles. The van der Waals surface area contributed by atoms with Crippen LogP contribution in [0.3, 0.4) is 0 Å². The van der Waals surface area contributed by atoms with E-state index in [1.165, 1.54) is 0 Å². The summed E-state index contributed by atoms with van der Waals surface area (Å²) in [6.45, 7) is 1.72. The zero-order chi connectivity index (χ0) is 21.3. The molecule has 0 fully saturated rings. The molecular formula is C22H20N2O5S. The summed E-state index contributed by atoms with van der Waals surface area (Å²) < 4.78 is 10.6. The van der Waals surface area contributed by atoms with E-state index >= 15 is 0 Å². The molecule has 8 heteroatoms. The van der Waals surface area contributed by atoms with E-state index in [0.717, 1.165) is 16.3 Å². The Morgan fingerprint density at radius 1 is 1.00 bits per heavy atom. The van der Waals surface area contributed by atoms with Gasteiger partial charge in [0.05, 0.1) is 22.7 Å². The van der Waals surface area contributed by atoms with Crippen molar-refractivity contribution in [1.29, 1.82) is 0 Å². The molecule has 30 heavy (non-hydrogen) atoms. The van der Waals surface area contributed by atoms with Crippen LogP contribution in [0.15, 0.2) is 60.0 Å². The second-order valence-electron chi connectivity index (χ2n) is 6.38. The standard InChI is InChI=1S/C22H20N2O5S/c1-15-23-18(14-30-15)12-28-19-9-7-17(8-10-19)22(27)29-13-21(26)24-20(25)11-16-5-3-2-4-6-16/h2-10,14H,11-13H2,1H3,(H,24,25,26). The number of thiazole rings is 1. The van der Waals surface area contributed by atoms with Gasteiger partial charge in [0, 0.05) is 5.38 Å². The highest BCUT2D eigenvalue weighted by atomic mass is 32.1. The van der Waals surface area contributed by atoms with Gasteiger partial charge in [-0.25, -0.2) is 9.78 Å². The third-order valence-electron chi connectivity index (χ3n) is 3.96. The molecule has 3 aromatic rings. The average molecular weight is 424 g/mol. The SMILES string of the molecule is Cc1nc(COc2ccc(C(=O)OCC(=O)NC(=O)Cc3ccccc3)cc2)cs1. The van der Waals surface area contributed by atoms with Crippen LogP contribution in [0.2, 0.25) is 0 Å². The van der Waals surface area contributed by atoms with E-state index in [-0.39, 0.29) is 12.0 Å². The molecule has 154 valence electrons. The molecule has 0 radical (unpaired) electrons. The second-order valence-corrected chi connectivity index (χ2v) is 7.44. The van der Waals surface area contributed by atoms with E-state index in [4.69, 9.17) is 9.47 Å². The Bertz CT molecular complexity index is 1020. The highest BCUT2D eigenvalue weighted by Gasteiger charge is 2.13. The number of hydrogen-bond acceptors (Lipinski definition) is 7. The number of carbonyl (C=O) groups is 3. The molecule has 0 spiro atoms. The van der Waals surface area contributed by atoms with Gasteiger partial charge in [0.2, 0.25) is 5.91 Å². The number of hydrogen-bond donors (Lipinski definition) is 1. The van der Waals surface area contributed by atoms with Gasteiger partial charge in [-0.05, 0) is 36.8 Å². The van der Waals surface area contributed by atoms with Crippen LogP contribution in [-0.4, -0.2) is 29.4 Å². The van der Waals surface area contributed by atoms with Crippen LogP contribution in [0.4, 0.5) is 0 Å². The Balaban J connectivity index is 1.41. The largest absolute Gasteiger partial charge is 0.487 e. The van der Waals surface area contributed by atoms with Crippen LogP contribution in [-0.2, 0) is 27.4 Å². The minimum atomic E-state index is -0.678. The third kappa shape index (κ3) is 6.52. The summed E-state index contributed by atoms with van der Waals surface area (Å²) >= 11 is 1.55. The minimum Gasteiger partial charge on any atom is -0.487 e. The number of rotatable bonds is 8. The highest BCUT2D eigenvalue weighted by molar-refractivity contribution is 7.09. The van der Waals surface area contributed by atoms with Gasteiger partial charge in [-0.1, -0.05) is 30.3 Å². The first-order valence-corrected chi connectivity index (χ1v) is 10.0. The topological polar surface area (TPSA) is 94.6 Å². The molecule has 0 aliphatic carbocycles. The summed E-state index contributed by atoms with van der Waals surface area (Å²) in [7, 11) is 0. The quantitative estimate of drug-likeness (QED) is 0.559. The van der Waals surface area contributed by atoms with Gasteiger partial charge in [-0.3, -0.25) is 14.9 Å². The van der Waals surface area contributed by atoms with E-state index < -0.39 is 24.4 Å². The van der Waals surface area contributed by atoms with Crippen molar-refractivity contribution in [2.75, 3.05) is 6.61 Å². The van der Waals surface area contributed by atoms with Crippen LogP contribution in [0.5, 0.6) is 5.75 Å². The Morgan fingerprint density at radius 3 is 2.40 bits per heavy atom. The maximum absolute atomic E-state index is 12.1. The third-order valence-corrected chi connectivity index (χ3v) is 4.79. The average Bonchev–Trinajstić information content (AvgIpc) is 3.16. The minimum absolute atomic E-state index is 0.0719. The first-order valence-electron chi connectivity index (χ1n) is 9.17. The van der Waals surface area contributed by atoms with Crippen molar-refractivity contribution < 1.29 is 23.9 Å². The van der Waals surface area contributed by atoms with E-state index in [2.05, 4.69) is 10.3 Å². The van der Waals surface area contributed by atoms with Gasteiger partial charge in [-0.2, -0.15) is 0 Å². The molecule has 1 aromatic heterocycles. The number of esters is 1. The van der Waals surface area contributed by atoms with E-state index in [0.29, 0.717) is 12.4 Å². The summed E-state index contributed by atoms with van der Waals surface area (Å²) in [4.78, 5) is 40.1. The lowest BCUT2D eigenvalue weighted by Gasteiger charge is -2.07. The molecule has 0 aliphatic rings. The predicted molar refractivity (Wildman–Crippen MR) is 111 cm³/mol. The molecular weight excluding hydrogens is 404 g/mol.